The van der Waals surface area contributed by atoms with E-state index in [4.69, 9.17) is 4.74 Å². The molecule has 0 aromatic carbocycles. The average Bonchev–Trinajstić information content (AvgIpc) is 2.28. The van der Waals surface area contributed by atoms with Gasteiger partial charge in [-0.3, -0.25) is 9.59 Å². The molecular weight excluding hydrogens is 228 g/mol. The zero-order valence-corrected chi connectivity index (χ0v) is 10.5. The topological polar surface area (TPSA) is 58.6 Å². The molecule has 16 heavy (non-hydrogen) atoms. The van der Waals surface area contributed by atoms with Crippen molar-refractivity contribution in [3.05, 3.63) is 0 Å². The fourth-order valence-corrected chi connectivity index (χ4v) is 1.77. The summed E-state index contributed by atoms with van der Waals surface area (Å²) >= 11 is 4.10. The molecule has 1 saturated heterocycles. The summed E-state index contributed by atoms with van der Waals surface area (Å²) < 4.78 is 5.23. The van der Waals surface area contributed by atoms with Gasteiger partial charge in [-0.15, -0.1) is 0 Å². The molecule has 92 valence electrons. The van der Waals surface area contributed by atoms with Gasteiger partial charge in [0, 0.05) is 13.1 Å². The Morgan fingerprint density at radius 2 is 2.31 bits per heavy atom. The summed E-state index contributed by atoms with van der Waals surface area (Å²) in [5, 5.41) is 2.31. The summed E-state index contributed by atoms with van der Waals surface area (Å²) in [4.78, 5) is 25.1. The summed E-state index contributed by atoms with van der Waals surface area (Å²) in [6.07, 6.45) is 0. The molecule has 2 atom stereocenters. The van der Waals surface area contributed by atoms with Crippen LogP contribution in [-0.2, 0) is 14.3 Å². The molecule has 0 spiro atoms. The summed E-state index contributed by atoms with van der Waals surface area (Å²) in [5.74, 6) is -0.285. The smallest absolute Gasteiger partial charge is 0.245 e. The van der Waals surface area contributed by atoms with Crippen LogP contribution in [0.4, 0.5) is 0 Å². The van der Waals surface area contributed by atoms with Crippen LogP contribution in [0.5, 0.6) is 0 Å². The number of ether oxygens (including phenoxy) is 1. The van der Waals surface area contributed by atoms with Gasteiger partial charge in [0.15, 0.2) is 0 Å². The molecule has 0 saturated carbocycles. The van der Waals surface area contributed by atoms with Crippen LogP contribution < -0.4 is 5.32 Å². The number of carbonyl (C=O) groups excluding carboxylic acids is 2. The van der Waals surface area contributed by atoms with Crippen LogP contribution in [0.25, 0.3) is 0 Å². The molecular formula is C10H18N2O3S. The van der Waals surface area contributed by atoms with E-state index in [1.165, 1.54) is 0 Å². The maximum absolute atomic E-state index is 11.8. The molecule has 0 aliphatic carbocycles. The Balaban J connectivity index is 2.71. The molecule has 2 unspecified atom stereocenters. The average molecular weight is 246 g/mol. The number of carbonyl (C=O) groups is 2. The molecule has 6 heteroatoms. The Hall–Kier alpha value is -0.750. The minimum atomic E-state index is -0.518. The molecule has 1 aliphatic heterocycles. The minimum Gasteiger partial charge on any atom is -0.377 e. The number of hydrogen-bond acceptors (Lipinski definition) is 4. The molecule has 0 radical (unpaired) electrons. The van der Waals surface area contributed by atoms with E-state index < -0.39 is 11.3 Å². The Labute approximate surface area is 101 Å². The van der Waals surface area contributed by atoms with Crippen molar-refractivity contribution in [1.29, 1.82) is 0 Å². The lowest BCUT2D eigenvalue weighted by molar-refractivity contribution is -0.147. The van der Waals surface area contributed by atoms with Gasteiger partial charge in [-0.05, 0) is 13.8 Å². The van der Waals surface area contributed by atoms with E-state index in [0.29, 0.717) is 19.7 Å². The normalized spacial score (nSPS) is 22.7. The third-order valence-electron chi connectivity index (χ3n) is 2.42. The van der Waals surface area contributed by atoms with Gasteiger partial charge in [-0.25, -0.2) is 0 Å². The minimum absolute atomic E-state index is 0.122. The molecule has 1 aliphatic rings. The second-order valence-electron chi connectivity index (χ2n) is 3.69. The van der Waals surface area contributed by atoms with Gasteiger partial charge >= 0.3 is 0 Å². The van der Waals surface area contributed by atoms with E-state index in [-0.39, 0.29) is 18.4 Å². The molecule has 2 amide bonds. The first-order valence-corrected chi connectivity index (χ1v) is 5.93. The van der Waals surface area contributed by atoms with Crippen molar-refractivity contribution in [3.63, 3.8) is 0 Å². The molecule has 0 bridgehead atoms. The third kappa shape index (κ3) is 3.12. The second-order valence-corrected chi connectivity index (χ2v) is 4.47. The van der Waals surface area contributed by atoms with Crippen LogP contribution in [0.3, 0.4) is 0 Å². The van der Waals surface area contributed by atoms with Crippen molar-refractivity contribution in [2.75, 3.05) is 26.3 Å². The summed E-state index contributed by atoms with van der Waals surface area (Å²) in [5.41, 5.74) is 0. The van der Waals surface area contributed by atoms with Crippen LogP contribution in [0.1, 0.15) is 13.8 Å². The maximum atomic E-state index is 11.8. The number of nitrogens with one attached hydrogen (secondary N) is 1. The highest BCUT2D eigenvalue weighted by Gasteiger charge is 2.33. The summed E-state index contributed by atoms with van der Waals surface area (Å²) in [6, 6.07) is -0.518. The van der Waals surface area contributed by atoms with Gasteiger partial charge in [0.2, 0.25) is 11.8 Å². The second kappa shape index (κ2) is 6.10. The van der Waals surface area contributed by atoms with E-state index in [2.05, 4.69) is 17.9 Å². The number of likely N-dealkylation sites (N-methyl/N-ethyl adjacent to an activating group) is 1. The zero-order chi connectivity index (χ0) is 12.1. The lowest BCUT2D eigenvalue weighted by Crippen LogP contribution is -2.57. The van der Waals surface area contributed by atoms with Crippen molar-refractivity contribution < 1.29 is 14.3 Å². The van der Waals surface area contributed by atoms with E-state index in [1.807, 2.05) is 6.92 Å². The Bertz CT molecular complexity index is 271. The number of rotatable bonds is 3. The van der Waals surface area contributed by atoms with Crippen molar-refractivity contribution in [2.45, 2.75) is 25.1 Å². The van der Waals surface area contributed by atoms with E-state index in [1.54, 1.807) is 11.8 Å². The van der Waals surface area contributed by atoms with E-state index in [0.717, 1.165) is 0 Å². The molecule has 1 N–H and O–H groups in total. The van der Waals surface area contributed by atoms with Gasteiger partial charge < -0.3 is 15.0 Å². The third-order valence-corrected chi connectivity index (χ3v) is 2.64. The number of nitrogens with zero attached hydrogens (tertiary/aromatic N) is 1. The van der Waals surface area contributed by atoms with E-state index >= 15 is 0 Å². The number of thiol groups is 1. The van der Waals surface area contributed by atoms with Gasteiger partial charge in [0.05, 0.1) is 18.5 Å². The SMILES string of the molecule is CCNC(=O)C1COCCN1C(=O)C(C)S. The zero-order valence-electron chi connectivity index (χ0n) is 9.60. The highest BCUT2D eigenvalue weighted by molar-refractivity contribution is 7.81. The molecule has 0 aromatic heterocycles. The van der Waals surface area contributed by atoms with Crippen LogP contribution in [0.15, 0.2) is 0 Å². The van der Waals surface area contributed by atoms with Gasteiger partial charge in [0.1, 0.15) is 6.04 Å². The Kier molecular flexibility index (Phi) is 5.08. The lowest BCUT2D eigenvalue weighted by Gasteiger charge is -2.35. The van der Waals surface area contributed by atoms with E-state index in [9.17, 15) is 9.59 Å². The molecule has 5 nitrogen and oxygen atoms in total. The summed E-state index contributed by atoms with van der Waals surface area (Å²) in [6.45, 7) is 5.28. The Morgan fingerprint density at radius 3 is 2.88 bits per heavy atom. The number of hydrogen-bond donors (Lipinski definition) is 2. The number of amides is 2. The first-order valence-electron chi connectivity index (χ1n) is 5.42. The lowest BCUT2D eigenvalue weighted by atomic mass is 10.2. The molecule has 1 fully saturated rings. The first-order chi connectivity index (χ1) is 7.57. The standard InChI is InChI=1S/C10H18N2O3S/c1-3-11-9(13)8-6-15-5-4-12(8)10(14)7(2)16/h7-8,16H,3-6H2,1-2H3,(H,11,13). The Morgan fingerprint density at radius 1 is 1.62 bits per heavy atom. The van der Waals surface area contributed by atoms with Crippen LogP contribution in [0.2, 0.25) is 0 Å². The largest absolute Gasteiger partial charge is 0.377 e. The fraction of sp³-hybridized carbons (Fsp3) is 0.800. The molecule has 0 aromatic rings. The van der Waals surface area contributed by atoms with Crippen LogP contribution >= 0.6 is 12.6 Å². The predicted octanol–water partition coefficient (Wildman–Crippen LogP) is -0.332. The highest BCUT2D eigenvalue weighted by atomic mass is 32.1. The van der Waals surface area contributed by atoms with Crippen molar-refractivity contribution in [2.24, 2.45) is 0 Å². The van der Waals surface area contributed by atoms with Gasteiger partial charge in [-0.1, -0.05) is 0 Å². The number of morpholine rings is 1. The van der Waals surface area contributed by atoms with Crippen molar-refractivity contribution >= 4 is 24.4 Å². The summed E-state index contributed by atoms with van der Waals surface area (Å²) in [7, 11) is 0. The van der Waals surface area contributed by atoms with Crippen LogP contribution in [-0.4, -0.2) is 54.3 Å². The fourth-order valence-electron chi connectivity index (χ4n) is 1.62. The predicted molar refractivity (Wildman–Crippen MR) is 63.5 cm³/mol. The molecule has 1 heterocycles. The van der Waals surface area contributed by atoms with Crippen molar-refractivity contribution in [3.8, 4) is 0 Å². The quantitative estimate of drug-likeness (QED) is 0.670. The van der Waals surface area contributed by atoms with Crippen molar-refractivity contribution in [1.82, 2.24) is 10.2 Å². The van der Waals surface area contributed by atoms with Gasteiger partial charge in [0.25, 0.3) is 0 Å². The monoisotopic (exact) mass is 246 g/mol. The van der Waals surface area contributed by atoms with Crippen LogP contribution in [0, 0.1) is 0 Å². The first kappa shape index (κ1) is 13.3. The maximum Gasteiger partial charge on any atom is 0.245 e. The molecule has 1 rings (SSSR count). The van der Waals surface area contributed by atoms with Gasteiger partial charge in [-0.2, -0.15) is 12.6 Å². The highest BCUT2D eigenvalue weighted by Crippen LogP contribution is 2.11.